The quantitative estimate of drug-likeness (QED) is 0.628. The molecule has 6 heteroatoms. The van der Waals surface area contributed by atoms with Gasteiger partial charge in [0.1, 0.15) is 0 Å². The number of rotatable bonds is 8. The molecule has 158 valence electrons. The average Bonchev–Trinajstić information content (AvgIpc) is 3.26. The van der Waals surface area contributed by atoms with E-state index in [-0.39, 0.29) is 36.5 Å². The Balaban J connectivity index is 1.75. The molecule has 0 saturated carbocycles. The average molecular weight is 400 g/mol. The molecule has 1 aliphatic carbocycles. The number of nitrogens with zero attached hydrogens (tertiary/aromatic N) is 1. The maximum absolute atomic E-state index is 12.5. The van der Waals surface area contributed by atoms with Crippen LogP contribution in [0.15, 0.2) is 30.3 Å². The van der Waals surface area contributed by atoms with Crippen molar-refractivity contribution in [1.29, 1.82) is 0 Å². The fourth-order valence-corrected chi connectivity index (χ4v) is 4.52. The van der Waals surface area contributed by atoms with Gasteiger partial charge in [0.05, 0.1) is 18.7 Å². The summed E-state index contributed by atoms with van der Waals surface area (Å²) in [7, 11) is 0. The molecule has 3 amide bonds. The first-order valence-corrected chi connectivity index (χ1v) is 10.8. The van der Waals surface area contributed by atoms with Crippen molar-refractivity contribution in [3.63, 3.8) is 0 Å². The largest absolute Gasteiger partial charge is 0.394 e. The number of carbonyl (C=O) groups is 2. The van der Waals surface area contributed by atoms with E-state index in [0.717, 1.165) is 24.8 Å². The number of allylic oxidation sites excluding steroid dienone is 2. The number of nitrogens with one attached hydrogen (secondary N) is 2. The van der Waals surface area contributed by atoms with Crippen LogP contribution in [-0.4, -0.2) is 53.7 Å². The summed E-state index contributed by atoms with van der Waals surface area (Å²) < 4.78 is 0. The number of aliphatic hydroxyl groups is 1. The molecule has 0 aromatic heterocycles. The van der Waals surface area contributed by atoms with E-state index in [1.54, 1.807) is 4.90 Å². The number of likely N-dealkylation sites (tertiary alicyclic amines) is 1. The second-order valence-corrected chi connectivity index (χ2v) is 7.88. The van der Waals surface area contributed by atoms with Crippen LogP contribution >= 0.6 is 0 Å². The van der Waals surface area contributed by atoms with Gasteiger partial charge in [-0.1, -0.05) is 44.2 Å². The van der Waals surface area contributed by atoms with Gasteiger partial charge in [-0.25, -0.2) is 4.79 Å². The molecule has 1 heterocycles. The lowest BCUT2D eigenvalue weighted by atomic mass is 9.74. The molecule has 1 aromatic rings. The van der Waals surface area contributed by atoms with Crippen molar-refractivity contribution < 1.29 is 14.7 Å². The molecule has 0 radical (unpaired) electrons. The van der Waals surface area contributed by atoms with Crippen molar-refractivity contribution in [2.24, 2.45) is 0 Å². The highest BCUT2D eigenvalue weighted by Crippen LogP contribution is 2.41. The lowest BCUT2D eigenvalue weighted by Gasteiger charge is -2.55. The lowest BCUT2D eigenvalue weighted by Crippen LogP contribution is -2.68. The first-order valence-electron chi connectivity index (χ1n) is 10.8. The number of aliphatic hydroxyl groups excluding tert-OH is 1. The molecule has 3 N–H and O–H groups in total. The fraction of sp³-hybridized carbons (Fsp3) is 0.565. The van der Waals surface area contributed by atoms with Crippen LogP contribution in [0.25, 0.3) is 5.57 Å². The predicted molar refractivity (Wildman–Crippen MR) is 115 cm³/mol. The van der Waals surface area contributed by atoms with E-state index in [1.807, 2.05) is 13.8 Å². The molecule has 1 saturated heterocycles. The Bertz CT molecular complexity index is 744. The highest BCUT2D eigenvalue weighted by atomic mass is 16.3. The highest BCUT2D eigenvalue weighted by Gasteiger charge is 2.50. The van der Waals surface area contributed by atoms with Crippen molar-refractivity contribution in [2.75, 3.05) is 19.7 Å². The minimum absolute atomic E-state index is 0.00795. The maximum Gasteiger partial charge on any atom is 0.314 e. The van der Waals surface area contributed by atoms with Gasteiger partial charge in [0.15, 0.2) is 0 Å². The van der Waals surface area contributed by atoms with Gasteiger partial charge in [0.25, 0.3) is 0 Å². The highest BCUT2D eigenvalue weighted by molar-refractivity contribution is 5.79. The van der Waals surface area contributed by atoms with Gasteiger partial charge >= 0.3 is 6.03 Å². The smallest absolute Gasteiger partial charge is 0.314 e. The zero-order valence-electron chi connectivity index (χ0n) is 17.5. The number of urea groups is 1. The van der Waals surface area contributed by atoms with Crippen LogP contribution in [-0.2, 0) is 4.79 Å². The molecule has 3 rings (SSSR count). The molecule has 1 fully saturated rings. The van der Waals surface area contributed by atoms with Crippen LogP contribution in [0.3, 0.4) is 0 Å². The van der Waals surface area contributed by atoms with Crippen molar-refractivity contribution in [2.45, 2.75) is 64.0 Å². The molecule has 2 aliphatic rings. The van der Waals surface area contributed by atoms with Crippen LogP contribution in [0.5, 0.6) is 0 Å². The van der Waals surface area contributed by atoms with Gasteiger partial charge in [0.2, 0.25) is 5.91 Å². The van der Waals surface area contributed by atoms with E-state index in [2.05, 4.69) is 41.0 Å². The van der Waals surface area contributed by atoms with Crippen LogP contribution in [0, 0.1) is 0 Å². The second-order valence-electron chi connectivity index (χ2n) is 7.88. The number of hydrogen-bond acceptors (Lipinski definition) is 3. The summed E-state index contributed by atoms with van der Waals surface area (Å²) in [5.74, 6) is 0.0161. The van der Waals surface area contributed by atoms with Crippen LogP contribution < -0.4 is 10.6 Å². The molecule has 3 atom stereocenters. The van der Waals surface area contributed by atoms with Crippen molar-refractivity contribution in [1.82, 2.24) is 15.5 Å². The van der Waals surface area contributed by atoms with Crippen LogP contribution in [0.1, 0.15) is 63.0 Å². The Morgan fingerprint density at radius 3 is 2.48 bits per heavy atom. The summed E-state index contributed by atoms with van der Waals surface area (Å²) in [5, 5.41) is 15.7. The number of carbonyl (C=O) groups excluding carboxylic acids is 2. The van der Waals surface area contributed by atoms with Gasteiger partial charge in [-0.15, -0.1) is 0 Å². The summed E-state index contributed by atoms with van der Waals surface area (Å²) >= 11 is 0. The standard InChI is InChI=1S/C23H33N3O3/c1-3-13-24-23(29)25-14-19-22(20(15-27)26(19)21(28)4-2)18-11-9-17(10-12-18)16-7-5-6-8-16/h7,9-12,19-20,22,27H,3-6,8,13-15H2,1-2H3,(H2,24,25,29)/t19-,20-,22-/m1/s1. The van der Waals surface area contributed by atoms with E-state index < -0.39 is 0 Å². The van der Waals surface area contributed by atoms with E-state index in [0.29, 0.717) is 19.5 Å². The zero-order valence-corrected chi connectivity index (χ0v) is 17.5. The van der Waals surface area contributed by atoms with E-state index in [4.69, 9.17) is 0 Å². The number of hydrogen-bond donors (Lipinski definition) is 3. The normalized spacial score (nSPS) is 23.3. The van der Waals surface area contributed by atoms with Gasteiger partial charge < -0.3 is 20.6 Å². The Hall–Kier alpha value is -2.34. The Morgan fingerprint density at radius 2 is 1.90 bits per heavy atom. The molecular weight excluding hydrogens is 366 g/mol. The minimum Gasteiger partial charge on any atom is -0.394 e. The summed E-state index contributed by atoms with van der Waals surface area (Å²) in [6.45, 7) is 4.74. The summed E-state index contributed by atoms with van der Waals surface area (Å²) in [6.07, 6.45) is 7.05. The fourth-order valence-electron chi connectivity index (χ4n) is 4.52. The van der Waals surface area contributed by atoms with E-state index in [9.17, 15) is 14.7 Å². The molecule has 0 unspecified atom stereocenters. The van der Waals surface area contributed by atoms with Gasteiger partial charge in [-0.3, -0.25) is 4.79 Å². The van der Waals surface area contributed by atoms with Gasteiger partial charge in [-0.05, 0) is 42.4 Å². The van der Waals surface area contributed by atoms with Crippen molar-refractivity contribution in [3.8, 4) is 0 Å². The molecule has 1 aromatic carbocycles. The Kier molecular flexibility index (Phi) is 7.31. The summed E-state index contributed by atoms with van der Waals surface area (Å²) in [4.78, 5) is 26.2. The lowest BCUT2D eigenvalue weighted by molar-refractivity contribution is -0.149. The second kappa shape index (κ2) is 9.92. The van der Waals surface area contributed by atoms with Crippen LogP contribution in [0.2, 0.25) is 0 Å². The first-order chi connectivity index (χ1) is 14.1. The first kappa shape index (κ1) is 21.4. The summed E-state index contributed by atoms with van der Waals surface area (Å²) in [6, 6.07) is 7.89. The third-order valence-corrected chi connectivity index (χ3v) is 6.04. The number of amides is 3. The minimum atomic E-state index is -0.246. The van der Waals surface area contributed by atoms with Crippen LogP contribution in [0.4, 0.5) is 4.79 Å². The number of benzene rings is 1. The topological polar surface area (TPSA) is 81.7 Å². The zero-order chi connectivity index (χ0) is 20.8. The molecule has 6 nitrogen and oxygen atoms in total. The molecule has 0 bridgehead atoms. The molecule has 1 aliphatic heterocycles. The summed E-state index contributed by atoms with van der Waals surface area (Å²) in [5.41, 5.74) is 3.76. The van der Waals surface area contributed by atoms with E-state index >= 15 is 0 Å². The predicted octanol–water partition coefficient (Wildman–Crippen LogP) is 3.03. The SMILES string of the molecule is CCCNC(=O)NC[C@@H]1[C@@H](c2ccc(C3=CCCC3)cc2)[C@@H](CO)N1C(=O)CC. The van der Waals surface area contributed by atoms with Gasteiger partial charge in [0, 0.05) is 25.4 Å². The molecule has 29 heavy (non-hydrogen) atoms. The van der Waals surface area contributed by atoms with Crippen molar-refractivity contribution >= 4 is 17.5 Å². The monoisotopic (exact) mass is 399 g/mol. The maximum atomic E-state index is 12.5. The Morgan fingerprint density at radius 1 is 1.14 bits per heavy atom. The van der Waals surface area contributed by atoms with E-state index in [1.165, 1.54) is 17.6 Å². The third kappa shape index (κ3) is 4.64. The third-order valence-electron chi connectivity index (χ3n) is 6.04. The van der Waals surface area contributed by atoms with Crippen molar-refractivity contribution in [3.05, 3.63) is 41.5 Å². The van der Waals surface area contributed by atoms with Gasteiger partial charge in [-0.2, -0.15) is 0 Å². The Labute approximate surface area is 173 Å². The molecular formula is C23H33N3O3. The molecule has 0 spiro atoms.